The van der Waals surface area contributed by atoms with Crippen LogP contribution >= 0.6 is 23.2 Å². The monoisotopic (exact) mass is 418 g/mol. The zero-order valence-electron chi connectivity index (χ0n) is 16.4. The van der Waals surface area contributed by atoms with Crippen LogP contribution in [0.2, 0.25) is 10.0 Å². The number of ether oxygens (including phenoxy) is 1. The van der Waals surface area contributed by atoms with Crippen LogP contribution in [0.5, 0.6) is 0 Å². The number of halogens is 2. The number of nitrogens with zero attached hydrogens (tertiary/aromatic N) is 4. The van der Waals surface area contributed by atoms with Crippen LogP contribution in [0.25, 0.3) is 22.3 Å². The Morgan fingerprint density at radius 1 is 1.25 bits per heavy atom. The Morgan fingerprint density at radius 2 is 2.07 bits per heavy atom. The van der Waals surface area contributed by atoms with Crippen molar-refractivity contribution in [1.82, 2.24) is 14.8 Å². The molecule has 5 nitrogen and oxygen atoms in total. The van der Waals surface area contributed by atoms with Gasteiger partial charge in [-0.05, 0) is 37.6 Å². The topological polar surface area (TPSA) is 43.2 Å². The van der Waals surface area contributed by atoms with Gasteiger partial charge in [0.1, 0.15) is 16.7 Å². The van der Waals surface area contributed by atoms with Gasteiger partial charge in [0.15, 0.2) is 0 Å². The van der Waals surface area contributed by atoms with Crippen LogP contribution in [0.4, 0.5) is 5.69 Å². The average molecular weight is 419 g/mol. The molecule has 0 amide bonds. The largest absolute Gasteiger partial charge is 0.383 e. The molecule has 0 bridgehead atoms. The zero-order valence-corrected chi connectivity index (χ0v) is 17.9. The minimum atomic E-state index is 0.381. The molecule has 2 aromatic heterocycles. The Morgan fingerprint density at radius 3 is 2.79 bits per heavy atom. The van der Waals surface area contributed by atoms with E-state index < -0.39 is 0 Å². The molecule has 1 unspecified atom stereocenters. The molecule has 1 aliphatic heterocycles. The van der Waals surface area contributed by atoms with Gasteiger partial charge in [-0.25, -0.2) is 4.98 Å². The van der Waals surface area contributed by atoms with Gasteiger partial charge in [0.05, 0.1) is 23.9 Å². The molecule has 28 heavy (non-hydrogen) atoms. The van der Waals surface area contributed by atoms with Crippen molar-refractivity contribution in [2.24, 2.45) is 0 Å². The first kappa shape index (κ1) is 19.5. The van der Waals surface area contributed by atoms with E-state index in [2.05, 4.69) is 22.6 Å². The Kier molecular flexibility index (Phi) is 5.50. The number of hydrogen-bond acceptors (Lipinski definition) is 4. The molecule has 3 aromatic rings. The molecule has 1 aliphatic rings. The van der Waals surface area contributed by atoms with E-state index in [4.69, 9.17) is 38.0 Å². The van der Waals surface area contributed by atoms with Crippen molar-refractivity contribution in [3.05, 3.63) is 40.0 Å². The first-order valence-corrected chi connectivity index (χ1v) is 10.4. The van der Waals surface area contributed by atoms with Crippen molar-refractivity contribution in [2.75, 3.05) is 25.2 Å². The van der Waals surface area contributed by atoms with Gasteiger partial charge in [-0.3, -0.25) is 4.68 Å². The molecule has 0 N–H and O–H groups in total. The predicted molar refractivity (Wildman–Crippen MR) is 116 cm³/mol. The molecule has 0 radical (unpaired) electrons. The number of aryl methyl sites for hydroxylation is 1. The quantitative estimate of drug-likeness (QED) is 0.540. The van der Waals surface area contributed by atoms with Crippen LogP contribution in [0, 0.1) is 6.92 Å². The van der Waals surface area contributed by atoms with E-state index in [9.17, 15) is 0 Å². The summed E-state index contributed by atoms with van der Waals surface area (Å²) in [6.07, 6.45) is 2.22. The van der Waals surface area contributed by atoms with E-state index in [0.717, 1.165) is 53.9 Å². The summed E-state index contributed by atoms with van der Waals surface area (Å²) in [6.45, 7) is 6.61. The van der Waals surface area contributed by atoms with Crippen LogP contribution in [0.1, 0.15) is 25.5 Å². The highest BCUT2D eigenvalue weighted by molar-refractivity contribution is 6.36. The van der Waals surface area contributed by atoms with Gasteiger partial charge in [-0.15, -0.1) is 0 Å². The Labute approximate surface area is 175 Å². The second-order valence-corrected chi connectivity index (χ2v) is 8.11. The lowest BCUT2D eigenvalue weighted by atomic mass is 10.0. The van der Waals surface area contributed by atoms with E-state index in [-0.39, 0.29) is 0 Å². The number of pyridine rings is 1. The van der Waals surface area contributed by atoms with Crippen molar-refractivity contribution in [3.8, 4) is 11.3 Å². The van der Waals surface area contributed by atoms with Gasteiger partial charge < -0.3 is 9.64 Å². The third-order valence-corrected chi connectivity index (χ3v) is 5.83. The highest BCUT2D eigenvalue weighted by atomic mass is 35.5. The molecule has 0 saturated carbocycles. The molecule has 0 fully saturated rings. The second kappa shape index (κ2) is 7.90. The normalized spacial score (nSPS) is 16.2. The SMILES string of the molecule is CCCC1Cn2nc(-c3ccc(Cl)cc3Cl)c3nc(C)cc(c32)N1CCOC. The van der Waals surface area contributed by atoms with E-state index in [0.29, 0.717) is 22.7 Å². The number of aromatic nitrogens is 3. The van der Waals surface area contributed by atoms with Gasteiger partial charge in [-0.1, -0.05) is 36.5 Å². The lowest BCUT2D eigenvalue weighted by Crippen LogP contribution is -2.43. The smallest absolute Gasteiger partial charge is 0.120 e. The lowest BCUT2D eigenvalue weighted by Gasteiger charge is -2.37. The maximum Gasteiger partial charge on any atom is 0.120 e. The van der Waals surface area contributed by atoms with Gasteiger partial charge >= 0.3 is 0 Å². The Hall–Kier alpha value is -1.82. The summed E-state index contributed by atoms with van der Waals surface area (Å²) >= 11 is 12.6. The van der Waals surface area contributed by atoms with Crippen molar-refractivity contribution < 1.29 is 4.74 Å². The van der Waals surface area contributed by atoms with Gasteiger partial charge in [0, 0.05) is 36.0 Å². The van der Waals surface area contributed by atoms with Crippen LogP contribution in [-0.2, 0) is 11.3 Å². The number of anilines is 1. The molecule has 148 valence electrons. The molecular formula is C21H24Cl2N4O. The summed E-state index contributed by atoms with van der Waals surface area (Å²) in [5.41, 5.74) is 5.76. The minimum Gasteiger partial charge on any atom is -0.383 e. The third-order valence-electron chi connectivity index (χ3n) is 5.28. The van der Waals surface area contributed by atoms with Crippen molar-refractivity contribution >= 4 is 39.9 Å². The summed E-state index contributed by atoms with van der Waals surface area (Å²) in [5.74, 6) is 0. The van der Waals surface area contributed by atoms with Gasteiger partial charge in [0.2, 0.25) is 0 Å². The number of rotatable bonds is 6. The molecule has 7 heteroatoms. The molecule has 0 aliphatic carbocycles. The minimum absolute atomic E-state index is 0.381. The standard InChI is InChI=1S/C21H24Cl2N4O/c1-4-5-15-12-27-21-18(26(15)8-9-28-3)10-13(2)24-20(21)19(25-27)16-7-6-14(22)11-17(16)23/h6-7,10-11,15H,4-5,8-9,12H2,1-3H3. The fraction of sp³-hybridized carbons (Fsp3) is 0.429. The van der Waals surface area contributed by atoms with Gasteiger partial charge in [-0.2, -0.15) is 5.10 Å². The van der Waals surface area contributed by atoms with E-state index in [1.54, 1.807) is 13.2 Å². The van der Waals surface area contributed by atoms with Crippen LogP contribution in [0.15, 0.2) is 24.3 Å². The van der Waals surface area contributed by atoms with Crippen LogP contribution < -0.4 is 4.90 Å². The fourth-order valence-corrected chi connectivity index (χ4v) is 4.57. The van der Waals surface area contributed by atoms with Crippen LogP contribution in [-0.4, -0.2) is 41.1 Å². The predicted octanol–water partition coefficient (Wildman–Crippen LogP) is 5.35. The zero-order chi connectivity index (χ0) is 19.8. The number of hydrogen-bond donors (Lipinski definition) is 0. The van der Waals surface area contributed by atoms with E-state index in [1.165, 1.54) is 5.69 Å². The summed E-state index contributed by atoms with van der Waals surface area (Å²) in [7, 11) is 1.75. The van der Waals surface area contributed by atoms with Crippen molar-refractivity contribution in [3.63, 3.8) is 0 Å². The second-order valence-electron chi connectivity index (χ2n) is 7.26. The molecular weight excluding hydrogens is 395 g/mol. The van der Waals surface area contributed by atoms with Gasteiger partial charge in [0.25, 0.3) is 0 Å². The average Bonchev–Trinajstić information content (AvgIpc) is 3.00. The summed E-state index contributed by atoms with van der Waals surface area (Å²) in [4.78, 5) is 7.29. The Bertz CT molecular complexity index is 1020. The highest BCUT2D eigenvalue weighted by Crippen LogP contribution is 2.40. The molecule has 1 aromatic carbocycles. The molecule has 0 spiro atoms. The molecule has 4 rings (SSSR count). The van der Waals surface area contributed by atoms with Crippen molar-refractivity contribution in [2.45, 2.75) is 39.3 Å². The fourth-order valence-electron chi connectivity index (χ4n) is 4.07. The first-order chi connectivity index (χ1) is 13.5. The Balaban J connectivity index is 1.92. The number of benzene rings is 1. The van der Waals surface area contributed by atoms with E-state index >= 15 is 0 Å². The highest BCUT2D eigenvalue weighted by Gasteiger charge is 2.31. The summed E-state index contributed by atoms with van der Waals surface area (Å²) in [5, 5.41) is 6.14. The number of methoxy groups -OCH3 is 1. The third kappa shape index (κ3) is 3.36. The summed E-state index contributed by atoms with van der Waals surface area (Å²) in [6, 6.07) is 8.06. The first-order valence-electron chi connectivity index (χ1n) is 9.62. The van der Waals surface area contributed by atoms with E-state index in [1.807, 2.05) is 19.1 Å². The summed E-state index contributed by atoms with van der Waals surface area (Å²) < 4.78 is 7.48. The maximum absolute atomic E-state index is 6.50. The van der Waals surface area contributed by atoms with Crippen molar-refractivity contribution in [1.29, 1.82) is 0 Å². The molecule has 3 heterocycles. The lowest BCUT2D eigenvalue weighted by molar-refractivity contribution is 0.201. The molecule has 1 atom stereocenters. The molecule has 0 saturated heterocycles. The maximum atomic E-state index is 6.50. The van der Waals surface area contributed by atoms with Crippen LogP contribution in [0.3, 0.4) is 0 Å².